The lowest BCUT2D eigenvalue weighted by Crippen LogP contribution is -2.24. The first-order valence-electron chi connectivity index (χ1n) is 9.42. The quantitative estimate of drug-likeness (QED) is 0.581. The maximum atomic E-state index is 13.4. The molecule has 1 aromatic heterocycles. The van der Waals surface area contributed by atoms with Crippen molar-refractivity contribution < 1.29 is 13.7 Å². The van der Waals surface area contributed by atoms with Crippen molar-refractivity contribution in [1.82, 2.24) is 10.1 Å². The molecule has 3 aromatic rings. The van der Waals surface area contributed by atoms with Gasteiger partial charge in [-0.3, -0.25) is 4.79 Å². The van der Waals surface area contributed by atoms with E-state index in [1.54, 1.807) is 4.90 Å². The van der Waals surface area contributed by atoms with Crippen molar-refractivity contribution in [1.29, 1.82) is 0 Å². The van der Waals surface area contributed by atoms with E-state index in [9.17, 15) is 9.18 Å². The summed E-state index contributed by atoms with van der Waals surface area (Å²) in [5.74, 6) is 0.0890. The molecule has 0 bridgehead atoms. The van der Waals surface area contributed by atoms with Crippen LogP contribution in [0, 0.1) is 5.82 Å². The van der Waals surface area contributed by atoms with Gasteiger partial charge in [-0.05, 0) is 29.2 Å². The Morgan fingerprint density at radius 2 is 1.90 bits per heavy atom. The number of halogens is 2. The van der Waals surface area contributed by atoms with E-state index in [0.717, 1.165) is 5.56 Å². The number of rotatable bonds is 3. The molecule has 1 amide bonds. The van der Waals surface area contributed by atoms with E-state index in [1.165, 1.54) is 23.8 Å². The smallest absolute Gasteiger partial charge is 0.232 e. The highest BCUT2D eigenvalue weighted by Gasteiger charge is 2.35. The normalized spacial score (nSPS) is 17.2. The highest BCUT2D eigenvalue weighted by molar-refractivity contribution is 6.31. The van der Waals surface area contributed by atoms with Crippen LogP contribution < -0.4 is 4.90 Å². The summed E-state index contributed by atoms with van der Waals surface area (Å²) in [5, 5.41) is 4.07. The molecule has 5 nitrogen and oxygen atoms in total. The van der Waals surface area contributed by atoms with Gasteiger partial charge in [-0.2, -0.15) is 4.98 Å². The van der Waals surface area contributed by atoms with Crippen LogP contribution in [0.15, 0.2) is 47.0 Å². The van der Waals surface area contributed by atoms with Gasteiger partial charge >= 0.3 is 0 Å². The van der Waals surface area contributed by atoms with Crippen LogP contribution in [0.2, 0.25) is 5.02 Å². The molecule has 150 valence electrons. The van der Waals surface area contributed by atoms with Gasteiger partial charge in [-0.15, -0.1) is 0 Å². The first-order valence-corrected chi connectivity index (χ1v) is 9.80. The van der Waals surface area contributed by atoms with Gasteiger partial charge in [0.25, 0.3) is 0 Å². The molecular formula is C22H21ClFN3O2. The Labute approximate surface area is 173 Å². The van der Waals surface area contributed by atoms with Gasteiger partial charge in [0.1, 0.15) is 5.82 Å². The lowest BCUT2D eigenvalue weighted by molar-refractivity contribution is -0.117. The van der Waals surface area contributed by atoms with Crippen molar-refractivity contribution in [3.63, 3.8) is 0 Å². The Kier molecular flexibility index (Phi) is 4.90. The molecule has 0 radical (unpaired) electrons. The Morgan fingerprint density at radius 3 is 2.55 bits per heavy atom. The first kappa shape index (κ1) is 19.6. The molecule has 0 spiro atoms. The average molecular weight is 414 g/mol. The molecule has 1 aliphatic rings. The van der Waals surface area contributed by atoms with Gasteiger partial charge in [0.05, 0.1) is 10.9 Å². The number of anilines is 1. The summed E-state index contributed by atoms with van der Waals surface area (Å²) < 4.78 is 18.9. The molecular weight excluding hydrogens is 393 g/mol. The molecule has 0 aliphatic carbocycles. The highest BCUT2D eigenvalue weighted by Crippen LogP contribution is 2.33. The summed E-state index contributed by atoms with van der Waals surface area (Å²) in [4.78, 5) is 18.5. The van der Waals surface area contributed by atoms with Gasteiger partial charge in [0.2, 0.25) is 17.6 Å². The van der Waals surface area contributed by atoms with Gasteiger partial charge in [0, 0.05) is 24.2 Å². The molecule has 1 atom stereocenters. The fraction of sp³-hybridized carbons (Fsp3) is 0.318. The van der Waals surface area contributed by atoms with Crippen molar-refractivity contribution in [3.8, 4) is 11.4 Å². The monoisotopic (exact) mass is 413 g/mol. The second-order valence-electron chi connectivity index (χ2n) is 8.29. The third kappa shape index (κ3) is 3.90. The van der Waals surface area contributed by atoms with Crippen molar-refractivity contribution in [2.45, 2.75) is 38.5 Å². The summed E-state index contributed by atoms with van der Waals surface area (Å²) in [6.45, 7) is 6.86. The average Bonchev–Trinajstić information content (AvgIpc) is 3.30. The topological polar surface area (TPSA) is 59.2 Å². The first-order chi connectivity index (χ1) is 13.7. The molecule has 2 aromatic carbocycles. The van der Waals surface area contributed by atoms with Crippen LogP contribution in [-0.2, 0) is 10.2 Å². The second-order valence-corrected chi connectivity index (χ2v) is 8.69. The molecule has 7 heteroatoms. The molecule has 0 saturated carbocycles. The van der Waals surface area contributed by atoms with Crippen molar-refractivity contribution in [3.05, 3.63) is 64.8 Å². The van der Waals surface area contributed by atoms with Crippen LogP contribution in [-0.4, -0.2) is 22.6 Å². The van der Waals surface area contributed by atoms with Crippen molar-refractivity contribution in [2.75, 3.05) is 11.4 Å². The fourth-order valence-corrected chi connectivity index (χ4v) is 3.59. The van der Waals surface area contributed by atoms with E-state index < -0.39 is 5.82 Å². The lowest BCUT2D eigenvalue weighted by Gasteiger charge is -2.18. The molecule has 29 heavy (non-hydrogen) atoms. The summed E-state index contributed by atoms with van der Waals surface area (Å²) in [6.07, 6.45) is 0.250. The SMILES string of the molecule is CC(C)(C)c1ccc(-c2noc(C3CC(=O)N(c4ccc(F)c(Cl)c4)C3)n2)cc1. The fourth-order valence-electron chi connectivity index (χ4n) is 3.41. The van der Waals surface area contributed by atoms with Crippen LogP contribution in [0.25, 0.3) is 11.4 Å². The minimum atomic E-state index is -0.516. The van der Waals surface area contributed by atoms with Crippen LogP contribution in [0.1, 0.15) is 44.6 Å². The van der Waals surface area contributed by atoms with Gasteiger partial charge in [0.15, 0.2) is 0 Å². The molecule has 2 heterocycles. The van der Waals surface area contributed by atoms with E-state index in [0.29, 0.717) is 23.9 Å². The number of nitrogens with zero attached hydrogens (tertiary/aromatic N) is 3. The molecule has 0 N–H and O–H groups in total. The molecule has 4 rings (SSSR count). The predicted molar refractivity (Wildman–Crippen MR) is 110 cm³/mol. The number of carbonyl (C=O) groups excluding carboxylic acids is 1. The number of hydrogen-bond donors (Lipinski definition) is 0. The maximum Gasteiger partial charge on any atom is 0.232 e. The van der Waals surface area contributed by atoms with Crippen LogP contribution in [0.4, 0.5) is 10.1 Å². The minimum absolute atomic E-state index is 0.0162. The highest BCUT2D eigenvalue weighted by atomic mass is 35.5. The molecule has 1 fully saturated rings. The van der Waals surface area contributed by atoms with Crippen LogP contribution in [0.3, 0.4) is 0 Å². The third-order valence-electron chi connectivity index (χ3n) is 5.14. The number of amides is 1. The number of benzene rings is 2. The maximum absolute atomic E-state index is 13.4. The summed E-state index contributed by atoms with van der Waals surface area (Å²) in [5.41, 5.74) is 2.71. The standard InChI is InChI=1S/C22H21ClFN3O2/c1-22(2,3)15-6-4-13(5-7-15)20-25-21(29-26-20)14-10-19(28)27(12-14)16-8-9-18(24)17(23)11-16/h4-9,11,14H,10,12H2,1-3H3. The Hall–Kier alpha value is -2.73. The van der Waals surface area contributed by atoms with E-state index in [1.807, 2.05) is 12.1 Å². The molecule has 1 unspecified atom stereocenters. The summed E-state index contributed by atoms with van der Waals surface area (Å²) in [7, 11) is 0. The van der Waals surface area contributed by atoms with E-state index in [2.05, 4.69) is 43.0 Å². The van der Waals surface area contributed by atoms with Crippen molar-refractivity contribution in [2.24, 2.45) is 0 Å². The Balaban J connectivity index is 1.52. The Bertz CT molecular complexity index is 1060. The zero-order chi connectivity index (χ0) is 20.8. The van der Waals surface area contributed by atoms with Gasteiger partial charge in [-0.25, -0.2) is 4.39 Å². The largest absolute Gasteiger partial charge is 0.339 e. The zero-order valence-corrected chi connectivity index (χ0v) is 17.2. The van der Waals surface area contributed by atoms with Crippen LogP contribution in [0.5, 0.6) is 0 Å². The number of hydrogen-bond acceptors (Lipinski definition) is 4. The van der Waals surface area contributed by atoms with E-state index in [-0.39, 0.29) is 28.7 Å². The van der Waals surface area contributed by atoms with Gasteiger partial charge < -0.3 is 9.42 Å². The molecule has 1 aliphatic heterocycles. The summed E-state index contributed by atoms with van der Waals surface area (Å²) >= 11 is 5.85. The third-order valence-corrected chi connectivity index (χ3v) is 5.43. The second kappa shape index (κ2) is 7.26. The van der Waals surface area contributed by atoms with Gasteiger partial charge in [-0.1, -0.05) is 61.8 Å². The Morgan fingerprint density at radius 1 is 1.17 bits per heavy atom. The predicted octanol–water partition coefficient (Wildman–Crippen LogP) is 5.35. The lowest BCUT2D eigenvalue weighted by atomic mass is 9.87. The van der Waals surface area contributed by atoms with E-state index >= 15 is 0 Å². The van der Waals surface area contributed by atoms with Crippen LogP contribution >= 0.6 is 11.6 Å². The zero-order valence-electron chi connectivity index (χ0n) is 16.4. The molecule has 1 saturated heterocycles. The number of carbonyl (C=O) groups is 1. The minimum Gasteiger partial charge on any atom is -0.339 e. The number of aromatic nitrogens is 2. The summed E-state index contributed by atoms with van der Waals surface area (Å²) in [6, 6.07) is 12.3. The van der Waals surface area contributed by atoms with E-state index in [4.69, 9.17) is 16.1 Å². The van der Waals surface area contributed by atoms with Crippen molar-refractivity contribution >= 4 is 23.2 Å².